The number of hydrogen-bond donors (Lipinski definition) is 2. The molecule has 0 bridgehead atoms. The summed E-state index contributed by atoms with van der Waals surface area (Å²) in [5.41, 5.74) is 2.70. The Balaban J connectivity index is 2.06. The van der Waals surface area contributed by atoms with Crippen molar-refractivity contribution in [3.05, 3.63) is 52.4 Å². The van der Waals surface area contributed by atoms with Gasteiger partial charge in [-0.3, -0.25) is 9.59 Å². The lowest BCUT2D eigenvalue weighted by Crippen LogP contribution is -2.43. The fourth-order valence-corrected chi connectivity index (χ4v) is 4.86. The van der Waals surface area contributed by atoms with Gasteiger partial charge in [0.2, 0.25) is 0 Å². The Labute approximate surface area is 192 Å². The van der Waals surface area contributed by atoms with Crippen molar-refractivity contribution in [3.63, 3.8) is 0 Å². The summed E-state index contributed by atoms with van der Waals surface area (Å²) in [6, 6.07) is 6.40. The van der Waals surface area contributed by atoms with Gasteiger partial charge in [0.1, 0.15) is 18.3 Å². The predicted octanol–water partition coefficient (Wildman–Crippen LogP) is 3.30. The highest BCUT2D eigenvalue weighted by Gasteiger charge is 2.47. The molecule has 0 spiro atoms. The smallest absolute Gasteiger partial charge is 0.336 e. The van der Waals surface area contributed by atoms with Crippen LogP contribution in [-0.4, -0.2) is 48.1 Å². The van der Waals surface area contributed by atoms with E-state index < -0.39 is 23.8 Å². The second-order valence-electron chi connectivity index (χ2n) is 7.96. The zero-order valence-electron chi connectivity index (χ0n) is 18.8. The zero-order valence-corrected chi connectivity index (χ0v) is 19.6. The molecule has 1 aliphatic heterocycles. The lowest BCUT2D eigenvalue weighted by atomic mass is 9.69. The maximum absolute atomic E-state index is 13.6. The number of nitrogens with one attached hydrogen (secondary N) is 1. The summed E-state index contributed by atoms with van der Waals surface area (Å²) >= 11 is 1.67. The molecule has 2 N–H and O–H groups in total. The molecule has 172 valence electrons. The normalized spacial score (nSPS) is 22.9. The van der Waals surface area contributed by atoms with Gasteiger partial charge in [-0.15, -0.1) is 0 Å². The molecule has 1 heterocycles. The summed E-state index contributed by atoms with van der Waals surface area (Å²) < 4.78 is 10.4. The number of methoxy groups -OCH3 is 1. The van der Waals surface area contributed by atoms with Crippen LogP contribution in [0.4, 0.5) is 0 Å². The first-order valence-electron chi connectivity index (χ1n) is 10.7. The van der Waals surface area contributed by atoms with Crippen LogP contribution in [0.5, 0.6) is 5.75 Å². The molecule has 0 fully saturated rings. The van der Waals surface area contributed by atoms with E-state index in [-0.39, 0.29) is 24.1 Å². The highest BCUT2D eigenvalue weighted by atomic mass is 32.2. The molecule has 1 aromatic rings. The molecule has 1 aromatic carbocycles. The quantitative estimate of drug-likeness (QED) is 0.364. The first kappa shape index (κ1) is 23.9. The molecule has 8 heteroatoms. The molecular weight excluding hydrogens is 430 g/mol. The molecule has 3 atom stereocenters. The lowest BCUT2D eigenvalue weighted by molar-refractivity contribution is -0.151. The standard InChI is InChI=1S/C24H29NO6S/c1-5-32-11-10-31-24(29)19-14(3)25-17-12-13(2)18(23(28)30-4)22(27)21(17)20(19)15-6-8-16(26)9-7-15/h6-9,13,18,20,25-26H,5,10-12H2,1-4H3. The number of Topliss-reactive ketones (excluding diaryl/α,β-unsaturated/α-hetero) is 1. The van der Waals surface area contributed by atoms with E-state index >= 15 is 0 Å². The van der Waals surface area contributed by atoms with Crippen LogP contribution in [-0.2, 0) is 23.9 Å². The summed E-state index contributed by atoms with van der Waals surface area (Å²) in [6.07, 6.45) is 0.474. The third kappa shape index (κ3) is 4.70. The van der Waals surface area contributed by atoms with Crippen molar-refractivity contribution in [2.75, 3.05) is 25.2 Å². The van der Waals surface area contributed by atoms with Gasteiger partial charge in [0.25, 0.3) is 0 Å². The highest BCUT2D eigenvalue weighted by molar-refractivity contribution is 7.99. The SMILES string of the molecule is CCSCCOC(=O)C1=C(C)NC2=C(C(=O)C(C(=O)OC)C(C)C2)C1c1ccc(O)cc1. The third-order valence-electron chi connectivity index (χ3n) is 5.85. The van der Waals surface area contributed by atoms with Crippen molar-refractivity contribution in [2.45, 2.75) is 33.1 Å². The minimum Gasteiger partial charge on any atom is -0.508 e. The number of benzene rings is 1. The summed E-state index contributed by atoms with van der Waals surface area (Å²) in [5.74, 6) is -1.63. The molecule has 0 radical (unpaired) electrons. The van der Waals surface area contributed by atoms with Gasteiger partial charge in [-0.1, -0.05) is 26.0 Å². The number of aromatic hydroxyl groups is 1. The van der Waals surface area contributed by atoms with Gasteiger partial charge in [-0.25, -0.2) is 4.79 Å². The van der Waals surface area contributed by atoms with Gasteiger partial charge in [-0.2, -0.15) is 11.8 Å². The van der Waals surface area contributed by atoms with Gasteiger partial charge in [-0.05, 0) is 42.7 Å². The Morgan fingerprint density at radius 3 is 2.56 bits per heavy atom. The van der Waals surface area contributed by atoms with E-state index in [2.05, 4.69) is 5.32 Å². The number of allylic oxidation sites excluding steroid dienone is 3. The first-order chi connectivity index (χ1) is 15.3. The Morgan fingerprint density at radius 1 is 1.25 bits per heavy atom. The van der Waals surface area contributed by atoms with Crippen molar-refractivity contribution < 1.29 is 29.0 Å². The van der Waals surface area contributed by atoms with Gasteiger partial charge in [0.15, 0.2) is 5.78 Å². The van der Waals surface area contributed by atoms with Crippen molar-refractivity contribution >= 4 is 29.5 Å². The average Bonchev–Trinajstić information content (AvgIpc) is 2.76. The third-order valence-corrected chi connectivity index (χ3v) is 6.72. The molecule has 3 unspecified atom stereocenters. The number of esters is 2. The summed E-state index contributed by atoms with van der Waals surface area (Å²) in [7, 11) is 1.27. The van der Waals surface area contributed by atoms with E-state index in [1.807, 2.05) is 13.8 Å². The van der Waals surface area contributed by atoms with E-state index in [9.17, 15) is 19.5 Å². The van der Waals surface area contributed by atoms with Crippen molar-refractivity contribution in [2.24, 2.45) is 11.8 Å². The van der Waals surface area contributed by atoms with E-state index in [1.165, 1.54) is 19.2 Å². The molecule has 0 aromatic heterocycles. The van der Waals surface area contributed by atoms with Gasteiger partial charge in [0.05, 0.1) is 12.7 Å². The molecule has 0 saturated heterocycles. The number of dihydropyridines is 1. The summed E-state index contributed by atoms with van der Waals surface area (Å²) in [6.45, 7) is 5.93. The van der Waals surface area contributed by atoms with Gasteiger partial charge >= 0.3 is 11.9 Å². The van der Waals surface area contributed by atoms with Crippen LogP contribution >= 0.6 is 11.8 Å². The van der Waals surface area contributed by atoms with Crippen LogP contribution in [0.3, 0.4) is 0 Å². The number of carbonyl (C=O) groups excluding carboxylic acids is 3. The van der Waals surface area contributed by atoms with Crippen molar-refractivity contribution in [1.82, 2.24) is 5.32 Å². The minimum absolute atomic E-state index is 0.0781. The minimum atomic E-state index is -0.934. The second kappa shape index (κ2) is 10.3. The second-order valence-corrected chi connectivity index (χ2v) is 9.35. The van der Waals surface area contributed by atoms with Crippen LogP contribution in [0.25, 0.3) is 0 Å². The van der Waals surface area contributed by atoms with E-state index in [1.54, 1.807) is 30.8 Å². The van der Waals surface area contributed by atoms with Crippen LogP contribution < -0.4 is 5.32 Å². The number of carbonyl (C=O) groups is 3. The Bertz CT molecular complexity index is 965. The monoisotopic (exact) mass is 459 g/mol. The molecule has 2 aliphatic rings. The zero-order chi connectivity index (χ0) is 23.4. The Hall–Kier alpha value is -2.74. The van der Waals surface area contributed by atoms with Crippen LogP contribution in [0.15, 0.2) is 46.8 Å². The van der Waals surface area contributed by atoms with Crippen LogP contribution in [0.2, 0.25) is 0 Å². The van der Waals surface area contributed by atoms with Crippen molar-refractivity contribution in [1.29, 1.82) is 0 Å². The predicted molar refractivity (Wildman–Crippen MR) is 122 cm³/mol. The molecule has 3 rings (SSSR count). The molecule has 0 saturated carbocycles. The topological polar surface area (TPSA) is 102 Å². The number of phenols is 1. The number of ketones is 1. The summed E-state index contributed by atoms with van der Waals surface area (Å²) in [4.78, 5) is 39.1. The first-order valence-corrected chi connectivity index (χ1v) is 11.8. The Morgan fingerprint density at radius 2 is 1.94 bits per heavy atom. The number of phenolic OH excluding ortho intramolecular Hbond substituents is 1. The van der Waals surface area contributed by atoms with E-state index in [0.717, 1.165) is 5.75 Å². The number of rotatable bonds is 7. The Kier molecular flexibility index (Phi) is 7.66. The molecule has 7 nitrogen and oxygen atoms in total. The average molecular weight is 460 g/mol. The maximum atomic E-state index is 13.6. The molecule has 0 amide bonds. The van der Waals surface area contributed by atoms with Crippen LogP contribution in [0.1, 0.15) is 38.7 Å². The van der Waals surface area contributed by atoms with Crippen LogP contribution in [0, 0.1) is 11.8 Å². The fraction of sp³-hybridized carbons (Fsp3) is 0.458. The summed E-state index contributed by atoms with van der Waals surface area (Å²) in [5, 5.41) is 13.0. The number of thioether (sulfide) groups is 1. The molecule has 32 heavy (non-hydrogen) atoms. The van der Waals surface area contributed by atoms with Gasteiger partial charge in [0, 0.05) is 28.6 Å². The lowest BCUT2D eigenvalue weighted by Gasteiger charge is -2.38. The van der Waals surface area contributed by atoms with E-state index in [0.29, 0.717) is 40.3 Å². The maximum Gasteiger partial charge on any atom is 0.336 e. The number of ether oxygens (including phenoxy) is 2. The van der Waals surface area contributed by atoms with E-state index in [4.69, 9.17) is 9.47 Å². The largest absolute Gasteiger partial charge is 0.508 e. The van der Waals surface area contributed by atoms with Crippen molar-refractivity contribution in [3.8, 4) is 5.75 Å². The van der Waals surface area contributed by atoms with Gasteiger partial charge < -0.3 is 19.9 Å². The number of hydrogen-bond acceptors (Lipinski definition) is 8. The molecular formula is C24H29NO6S. The highest BCUT2D eigenvalue weighted by Crippen LogP contribution is 2.45. The fourth-order valence-electron chi connectivity index (χ4n) is 4.37. The molecule has 1 aliphatic carbocycles.